The third-order valence-corrected chi connectivity index (χ3v) is 4.25. The van der Waals surface area contributed by atoms with E-state index in [-0.39, 0.29) is 0 Å². The van der Waals surface area contributed by atoms with E-state index in [0.29, 0.717) is 5.69 Å². The molecule has 24 heavy (non-hydrogen) atoms. The highest BCUT2D eigenvalue weighted by Crippen LogP contribution is 2.38. The summed E-state index contributed by atoms with van der Waals surface area (Å²) in [5.41, 5.74) is 3.13. The van der Waals surface area contributed by atoms with Crippen LogP contribution in [0.4, 0.5) is 23.7 Å². The van der Waals surface area contributed by atoms with Crippen LogP contribution in [0.3, 0.4) is 0 Å². The molecule has 1 aliphatic heterocycles. The summed E-state index contributed by atoms with van der Waals surface area (Å²) in [5, 5.41) is 11.6. The van der Waals surface area contributed by atoms with Crippen LogP contribution in [0.5, 0.6) is 0 Å². The SMILES string of the molecule is Cc1cc(C)c(NC(=O)N2C[C@@H](C(F)(F)F)[C@H](C(=O)O)C2)c(C)c1. The van der Waals surface area contributed by atoms with Gasteiger partial charge in [0.15, 0.2) is 0 Å². The molecule has 1 aromatic carbocycles. The van der Waals surface area contributed by atoms with Crippen LogP contribution in [0.2, 0.25) is 0 Å². The Morgan fingerprint density at radius 1 is 1.17 bits per heavy atom. The van der Waals surface area contributed by atoms with Crippen LogP contribution in [-0.4, -0.2) is 41.3 Å². The highest BCUT2D eigenvalue weighted by molar-refractivity contribution is 5.92. The van der Waals surface area contributed by atoms with Gasteiger partial charge in [-0.25, -0.2) is 4.79 Å². The van der Waals surface area contributed by atoms with Crippen LogP contribution in [0, 0.1) is 32.6 Å². The third kappa shape index (κ3) is 3.63. The molecule has 0 unspecified atom stereocenters. The molecular weight excluding hydrogens is 325 g/mol. The minimum Gasteiger partial charge on any atom is -0.481 e. The van der Waals surface area contributed by atoms with Gasteiger partial charge in [0.25, 0.3) is 0 Å². The third-order valence-electron chi connectivity index (χ3n) is 4.25. The first-order chi connectivity index (χ1) is 11.0. The number of halogens is 3. The van der Waals surface area contributed by atoms with E-state index in [1.54, 1.807) is 13.8 Å². The van der Waals surface area contributed by atoms with Crippen molar-refractivity contribution >= 4 is 17.7 Å². The molecule has 0 radical (unpaired) electrons. The van der Waals surface area contributed by atoms with Gasteiger partial charge in [0.05, 0.1) is 11.8 Å². The maximum absolute atomic E-state index is 13.0. The number of carboxylic acid groups (broad SMARTS) is 1. The maximum atomic E-state index is 13.0. The summed E-state index contributed by atoms with van der Waals surface area (Å²) in [4.78, 5) is 24.3. The van der Waals surface area contributed by atoms with E-state index in [0.717, 1.165) is 21.6 Å². The molecule has 2 rings (SSSR count). The van der Waals surface area contributed by atoms with Gasteiger partial charge in [-0.05, 0) is 31.9 Å². The number of hydrogen-bond acceptors (Lipinski definition) is 2. The van der Waals surface area contributed by atoms with Crippen LogP contribution < -0.4 is 5.32 Å². The molecule has 8 heteroatoms. The monoisotopic (exact) mass is 344 g/mol. The van der Waals surface area contributed by atoms with Gasteiger partial charge < -0.3 is 15.3 Å². The fourth-order valence-corrected chi connectivity index (χ4v) is 3.11. The average molecular weight is 344 g/mol. The average Bonchev–Trinajstić information content (AvgIpc) is 2.88. The molecule has 132 valence electrons. The van der Waals surface area contributed by atoms with Gasteiger partial charge >= 0.3 is 18.2 Å². The van der Waals surface area contributed by atoms with Gasteiger partial charge in [0, 0.05) is 18.8 Å². The number of carboxylic acids is 1. The molecule has 2 N–H and O–H groups in total. The largest absolute Gasteiger partial charge is 0.481 e. The number of likely N-dealkylation sites (tertiary alicyclic amines) is 1. The van der Waals surface area contributed by atoms with Crippen molar-refractivity contribution < 1.29 is 27.9 Å². The van der Waals surface area contributed by atoms with Crippen LogP contribution in [0.1, 0.15) is 16.7 Å². The summed E-state index contributed by atoms with van der Waals surface area (Å²) < 4.78 is 39.0. The molecule has 0 aromatic heterocycles. The summed E-state index contributed by atoms with van der Waals surface area (Å²) in [6.45, 7) is 4.36. The van der Waals surface area contributed by atoms with E-state index in [1.807, 2.05) is 19.1 Å². The number of amides is 2. The van der Waals surface area contributed by atoms with Crippen LogP contribution in [0.15, 0.2) is 12.1 Å². The Balaban J connectivity index is 2.18. The molecule has 1 aromatic rings. The molecule has 0 bridgehead atoms. The molecule has 1 fully saturated rings. The molecule has 2 amide bonds. The Kier molecular flexibility index (Phi) is 4.77. The summed E-state index contributed by atoms with van der Waals surface area (Å²) in [5.74, 6) is -5.24. The van der Waals surface area contributed by atoms with E-state index in [2.05, 4.69) is 5.32 Å². The first-order valence-electron chi connectivity index (χ1n) is 7.44. The standard InChI is InChI=1S/C16H19F3N2O3/c1-8-4-9(2)13(10(3)5-8)20-15(24)21-6-11(14(22)23)12(7-21)16(17,18)19/h4-5,11-12H,6-7H2,1-3H3,(H,20,24)(H,22,23)/t11-,12-/m1/s1. The topological polar surface area (TPSA) is 69.6 Å². The van der Waals surface area contributed by atoms with Gasteiger partial charge in [-0.2, -0.15) is 13.2 Å². The van der Waals surface area contributed by atoms with Crippen molar-refractivity contribution in [3.8, 4) is 0 Å². The Labute approximate surface area is 137 Å². The lowest BCUT2D eigenvalue weighted by molar-refractivity contribution is -0.187. The number of carbonyl (C=O) groups is 2. The summed E-state index contributed by atoms with van der Waals surface area (Å²) >= 11 is 0. The van der Waals surface area contributed by atoms with E-state index in [1.165, 1.54) is 0 Å². The summed E-state index contributed by atoms with van der Waals surface area (Å²) in [7, 11) is 0. The number of rotatable bonds is 2. The quantitative estimate of drug-likeness (QED) is 0.864. The zero-order valence-electron chi connectivity index (χ0n) is 13.6. The number of benzene rings is 1. The van der Waals surface area contributed by atoms with Crippen molar-refractivity contribution in [2.75, 3.05) is 18.4 Å². The van der Waals surface area contributed by atoms with E-state index in [4.69, 9.17) is 5.11 Å². The van der Waals surface area contributed by atoms with Gasteiger partial charge in [0.1, 0.15) is 0 Å². The Morgan fingerprint density at radius 2 is 1.71 bits per heavy atom. The molecule has 0 saturated carbocycles. The molecule has 1 aliphatic rings. The number of nitrogens with zero attached hydrogens (tertiary/aromatic N) is 1. The lowest BCUT2D eigenvalue weighted by atomic mass is 9.96. The number of alkyl halides is 3. The van der Waals surface area contributed by atoms with E-state index < -0.39 is 43.1 Å². The summed E-state index contributed by atoms with van der Waals surface area (Å²) in [6, 6.07) is 2.99. The van der Waals surface area contributed by atoms with Crippen molar-refractivity contribution in [1.29, 1.82) is 0 Å². The lowest BCUT2D eigenvalue weighted by Gasteiger charge is -2.20. The highest BCUT2D eigenvalue weighted by Gasteiger charge is 2.53. The number of aliphatic carboxylic acids is 1. The second kappa shape index (κ2) is 6.33. The Bertz CT molecular complexity index is 650. The van der Waals surface area contributed by atoms with Gasteiger partial charge in [-0.15, -0.1) is 0 Å². The van der Waals surface area contributed by atoms with Crippen molar-refractivity contribution in [2.45, 2.75) is 26.9 Å². The normalized spacial score (nSPS) is 21.0. The molecule has 5 nitrogen and oxygen atoms in total. The molecular formula is C16H19F3N2O3. The van der Waals surface area contributed by atoms with Crippen molar-refractivity contribution in [1.82, 2.24) is 4.90 Å². The van der Waals surface area contributed by atoms with E-state index >= 15 is 0 Å². The molecule has 1 saturated heterocycles. The van der Waals surface area contributed by atoms with Gasteiger partial charge in [-0.3, -0.25) is 4.79 Å². The van der Waals surface area contributed by atoms with Crippen molar-refractivity contribution in [2.24, 2.45) is 11.8 Å². The second-order valence-electron chi connectivity index (χ2n) is 6.20. The highest BCUT2D eigenvalue weighted by atomic mass is 19.4. The fourth-order valence-electron chi connectivity index (χ4n) is 3.11. The predicted octanol–water partition coefficient (Wildman–Crippen LogP) is 3.34. The van der Waals surface area contributed by atoms with Gasteiger partial charge in [-0.1, -0.05) is 17.7 Å². The number of urea groups is 1. The lowest BCUT2D eigenvalue weighted by Crippen LogP contribution is -2.35. The van der Waals surface area contributed by atoms with Crippen LogP contribution >= 0.6 is 0 Å². The fraction of sp³-hybridized carbons (Fsp3) is 0.500. The number of carbonyl (C=O) groups excluding carboxylic acids is 1. The smallest absolute Gasteiger partial charge is 0.394 e. The zero-order chi connectivity index (χ0) is 18.2. The number of aryl methyl sites for hydroxylation is 3. The second-order valence-corrected chi connectivity index (χ2v) is 6.20. The van der Waals surface area contributed by atoms with Gasteiger partial charge in [0.2, 0.25) is 0 Å². The molecule has 0 aliphatic carbocycles. The number of nitrogens with one attached hydrogen (secondary N) is 1. The van der Waals surface area contributed by atoms with Crippen LogP contribution in [0.25, 0.3) is 0 Å². The Morgan fingerprint density at radius 3 is 2.12 bits per heavy atom. The first kappa shape index (κ1) is 18.1. The minimum absolute atomic E-state index is 0.463. The van der Waals surface area contributed by atoms with Crippen LogP contribution in [-0.2, 0) is 4.79 Å². The molecule has 1 heterocycles. The van der Waals surface area contributed by atoms with Crippen molar-refractivity contribution in [3.63, 3.8) is 0 Å². The first-order valence-corrected chi connectivity index (χ1v) is 7.44. The van der Waals surface area contributed by atoms with Crippen molar-refractivity contribution in [3.05, 3.63) is 28.8 Å². The van der Waals surface area contributed by atoms with E-state index in [9.17, 15) is 22.8 Å². The predicted molar refractivity (Wildman–Crippen MR) is 81.9 cm³/mol. The molecule has 0 spiro atoms. The number of hydrogen-bond donors (Lipinski definition) is 2. The number of anilines is 1. The zero-order valence-corrected chi connectivity index (χ0v) is 13.6. The summed E-state index contributed by atoms with van der Waals surface area (Å²) in [6.07, 6.45) is -4.66. The minimum atomic E-state index is -4.66. The molecule has 2 atom stereocenters. The Hall–Kier alpha value is -2.25. The maximum Gasteiger partial charge on any atom is 0.394 e.